The van der Waals surface area contributed by atoms with Crippen LogP contribution in [0.4, 0.5) is 11.4 Å². The van der Waals surface area contributed by atoms with Gasteiger partial charge in [0.25, 0.3) is 11.8 Å². The van der Waals surface area contributed by atoms with E-state index in [1.807, 2.05) is 24.3 Å². The van der Waals surface area contributed by atoms with Gasteiger partial charge < -0.3 is 29.8 Å². The van der Waals surface area contributed by atoms with Crippen LogP contribution in [-0.4, -0.2) is 43.7 Å². The summed E-state index contributed by atoms with van der Waals surface area (Å²) < 4.78 is 16.7. The molecule has 8 nitrogen and oxygen atoms in total. The van der Waals surface area contributed by atoms with E-state index in [0.717, 1.165) is 5.39 Å². The lowest BCUT2D eigenvalue weighted by atomic mass is 10.2. The molecule has 3 N–H and O–H groups in total. The minimum atomic E-state index is -0.256. The molecule has 1 heterocycles. The number of amides is 2. The molecule has 35 heavy (non-hydrogen) atoms. The third kappa shape index (κ3) is 5.99. The van der Waals surface area contributed by atoms with E-state index >= 15 is 0 Å². The highest BCUT2D eigenvalue weighted by molar-refractivity contribution is 6.05. The highest BCUT2D eigenvalue weighted by Crippen LogP contribution is 2.21. The zero-order valence-corrected chi connectivity index (χ0v) is 19.4. The molecule has 2 amide bonds. The topological polar surface area (TPSA) is 107 Å². The fourth-order valence-electron chi connectivity index (χ4n) is 3.58. The van der Waals surface area contributed by atoms with Crippen LogP contribution in [-0.2, 0) is 4.74 Å². The average Bonchev–Trinajstić information content (AvgIpc) is 3.31. The maximum absolute atomic E-state index is 12.9. The van der Waals surface area contributed by atoms with E-state index in [-0.39, 0.29) is 24.3 Å². The summed E-state index contributed by atoms with van der Waals surface area (Å²) in [6, 6.07) is 23.1. The molecule has 0 bridgehead atoms. The lowest BCUT2D eigenvalue weighted by Crippen LogP contribution is -2.34. The Balaban J connectivity index is 1.28. The predicted octanol–water partition coefficient (Wildman–Crippen LogP) is 4.78. The number of rotatable bonds is 10. The molecule has 0 aliphatic rings. The quantitative estimate of drug-likeness (QED) is 0.195. The minimum absolute atomic E-state index is 0.144. The van der Waals surface area contributed by atoms with Gasteiger partial charge in [0, 0.05) is 24.6 Å². The van der Waals surface area contributed by atoms with Gasteiger partial charge in [-0.05, 0) is 55.0 Å². The van der Waals surface area contributed by atoms with Gasteiger partial charge in [0.1, 0.15) is 18.1 Å². The van der Waals surface area contributed by atoms with E-state index in [9.17, 15) is 9.59 Å². The Bertz CT molecular complexity index is 1270. The molecule has 0 saturated carbocycles. The maximum atomic E-state index is 12.9. The van der Waals surface area contributed by atoms with E-state index in [0.29, 0.717) is 47.8 Å². The highest BCUT2D eigenvalue weighted by Gasteiger charge is 2.19. The second-order valence-corrected chi connectivity index (χ2v) is 7.90. The molecule has 0 atom stereocenters. The number of fused-ring (bicyclic) bond motifs is 1. The van der Waals surface area contributed by atoms with E-state index in [1.54, 1.807) is 66.6 Å². The number of carbonyl (C=O) groups excluding carboxylic acids is 2. The molecule has 0 aliphatic carbocycles. The van der Waals surface area contributed by atoms with Crippen LogP contribution in [0.3, 0.4) is 0 Å². The largest absolute Gasteiger partial charge is 0.494 e. The van der Waals surface area contributed by atoms with Crippen molar-refractivity contribution >= 4 is 34.2 Å². The number of para-hydroxylation sites is 3. The normalized spacial score (nSPS) is 10.8. The molecular formula is C27H27N3O5. The first-order chi connectivity index (χ1) is 17.0. The van der Waals surface area contributed by atoms with Crippen molar-refractivity contribution < 1.29 is 23.5 Å². The van der Waals surface area contributed by atoms with Gasteiger partial charge in [-0.2, -0.15) is 0 Å². The summed E-state index contributed by atoms with van der Waals surface area (Å²) in [6.45, 7) is 0.966. The molecule has 0 aliphatic heterocycles. The molecule has 4 aromatic rings. The van der Waals surface area contributed by atoms with Crippen LogP contribution in [0.25, 0.3) is 11.0 Å². The Morgan fingerprint density at radius 2 is 1.74 bits per heavy atom. The van der Waals surface area contributed by atoms with Crippen LogP contribution in [0, 0.1) is 0 Å². The van der Waals surface area contributed by atoms with Gasteiger partial charge in [-0.1, -0.05) is 30.3 Å². The standard InChI is InChI=1S/C27H27N3O5/c1-33-18-30(27(32)25-17-20-7-2-5-10-24(20)35-25)15-6-16-34-21-13-11-19(12-14-21)26(31)29-23-9-4-3-8-22(23)28/h2-5,7-14,17H,6,15-16,18,28H2,1H3,(H,29,31). The summed E-state index contributed by atoms with van der Waals surface area (Å²) in [6.07, 6.45) is 0.588. The zero-order valence-electron chi connectivity index (χ0n) is 19.4. The van der Waals surface area contributed by atoms with Gasteiger partial charge in [0.05, 0.1) is 18.0 Å². The molecule has 0 spiro atoms. The first kappa shape index (κ1) is 23.8. The van der Waals surface area contributed by atoms with Crippen molar-refractivity contribution in [2.24, 2.45) is 0 Å². The minimum Gasteiger partial charge on any atom is -0.494 e. The van der Waals surface area contributed by atoms with Crippen LogP contribution >= 0.6 is 0 Å². The Hall–Kier alpha value is -4.30. The third-order valence-corrected chi connectivity index (χ3v) is 5.38. The predicted molar refractivity (Wildman–Crippen MR) is 134 cm³/mol. The molecule has 4 rings (SSSR count). The number of carbonyl (C=O) groups is 2. The molecule has 0 radical (unpaired) electrons. The Morgan fingerprint density at radius 1 is 1.00 bits per heavy atom. The Kier molecular flexibility index (Phi) is 7.64. The first-order valence-electron chi connectivity index (χ1n) is 11.2. The summed E-state index contributed by atoms with van der Waals surface area (Å²) >= 11 is 0. The Labute approximate surface area is 203 Å². The maximum Gasteiger partial charge on any atom is 0.291 e. The van der Waals surface area contributed by atoms with E-state index in [2.05, 4.69) is 5.32 Å². The number of benzene rings is 3. The second kappa shape index (κ2) is 11.2. The van der Waals surface area contributed by atoms with Gasteiger partial charge in [0.2, 0.25) is 0 Å². The summed E-state index contributed by atoms with van der Waals surface area (Å²) in [4.78, 5) is 26.9. The van der Waals surface area contributed by atoms with Gasteiger partial charge in [-0.15, -0.1) is 0 Å². The molecule has 8 heteroatoms. The highest BCUT2D eigenvalue weighted by atomic mass is 16.5. The number of nitrogen functional groups attached to an aromatic ring is 1. The molecule has 0 fully saturated rings. The lowest BCUT2D eigenvalue weighted by molar-refractivity contribution is 0.0378. The van der Waals surface area contributed by atoms with Gasteiger partial charge >= 0.3 is 0 Å². The van der Waals surface area contributed by atoms with Crippen LogP contribution in [0.5, 0.6) is 5.75 Å². The SMILES string of the molecule is COCN(CCCOc1ccc(C(=O)Nc2ccccc2N)cc1)C(=O)c1cc2ccccc2o1. The molecule has 0 unspecified atom stereocenters. The molecular weight excluding hydrogens is 446 g/mol. The number of methoxy groups -OCH3 is 1. The summed E-state index contributed by atoms with van der Waals surface area (Å²) in [5.41, 5.74) is 8.10. The number of nitrogens with two attached hydrogens (primary N) is 1. The van der Waals surface area contributed by atoms with Crippen molar-refractivity contribution in [2.75, 3.05) is 38.0 Å². The fraction of sp³-hybridized carbons (Fsp3) is 0.185. The number of anilines is 2. The van der Waals surface area contributed by atoms with Crippen molar-refractivity contribution in [1.82, 2.24) is 4.90 Å². The molecule has 1 aromatic heterocycles. The van der Waals surface area contributed by atoms with Crippen LogP contribution < -0.4 is 15.8 Å². The molecule has 180 valence electrons. The van der Waals surface area contributed by atoms with Gasteiger partial charge in [0.15, 0.2) is 5.76 Å². The number of nitrogens with zero attached hydrogens (tertiary/aromatic N) is 1. The van der Waals surface area contributed by atoms with Crippen molar-refractivity contribution in [1.29, 1.82) is 0 Å². The van der Waals surface area contributed by atoms with Crippen molar-refractivity contribution in [3.8, 4) is 5.75 Å². The number of furan rings is 1. The summed E-state index contributed by atoms with van der Waals surface area (Å²) in [5.74, 6) is 0.407. The number of hydrogen-bond donors (Lipinski definition) is 2. The lowest BCUT2D eigenvalue weighted by Gasteiger charge is -2.20. The Morgan fingerprint density at radius 3 is 2.49 bits per heavy atom. The van der Waals surface area contributed by atoms with Crippen molar-refractivity contribution in [3.63, 3.8) is 0 Å². The van der Waals surface area contributed by atoms with E-state index < -0.39 is 0 Å². The van der Waals surface area contributed by atoms with E-state index in [1.165, 1.54) is 0 Å². The first-order valence-corrected chi connectivity index (χ1v) is 11.2. The van der Waals surface area contributed by atoms with Gasteiger partial charge in [-0.25, -0.2) is 0 Å². The van der Waals surface area contributed by atoms with Crippen molar-refractivity contribution in [2.45, 2.75) is 6.42 Å². The zero-order chi connectivity index (χ0) is 24.6. The number of nitrogens with one attached hydrogen (secondary N) is 1. The third-order valence-electron chi connectivity index (χ3n) is 5.38. The van der Waals surface area contributed by atoms with Crippen molar-refractivity contribution in [3.05, 3.63) is 90.2 Å². The van der Waals surface area contributed by atoms with Crippen LogP contribution in [0.2, 0.25) is 0 Å². The summed E-state index contributed by atoms with van der Waals surface area (Å²) in [5, 5.41) is 3.67. The van der Waals surface area contributed by atoms with Crippen LogP contribution in [0.1, 0.15) is 27.3 Å². The molecule has 0 saturated heterocycles. The number of ether oxygens (including phenoxy) is 2. The smallest absolute Gasteiger partial charge is 0.291 e. The van der Waals surface area contributed by atoms with E-state index in [4.69, 9.17) is 19.6 Å². The number of hydrogen-bond acceptors (Lipinski definition) is 6. The van der Waals surface area contributed by atoms with Crippen LogP contribution in [0.15, 0.2) is 83.3 Å². The van der Waals surface area contributed by atoms with Gasteiger partial charge in [-0.3, -0.25) is 9.59 Å². The second-order valence-electron chi connectivity index (χ2n) is 7.90. The molecule has 3 aromatic carbocycles. The monoisotopic (exact) mass is 473 g/mol. The average molecular weight is 474 g/mol. The fourth-order valence-corrected chi connectivity index (χ4v) is 3.58. The summed E-state index contributed by atoms with van der Waals surface area (Å²) in [7, 11) is 1.54.